The molecule has 2 aromatic heterocycles. The van der Waals surface area contributed by atoms with Gasteiger partial charge < -0.3 is 9.73 Å². The summed E-state index contributed by atoms with van der Waals surface area (Å²) in [5.74, 6) is 2.16. The maximum Gasteiger partial charge on any atom is 0.109 e. The van der Waals surface area contributed by atoms with E-state index >= 15 is 0 Å². The Balaban J connectivity index is 1.80. The molecule has 1 unspecified atom stereocenters. The van der Waals surface area contributed by atoms with Crippen LogP contribution >= 0.6 is 0 Å². The van der Waals surface area contributed by atoms with Gasteiger partial charge in [0, 0.05) is 36.5 Å². The first-order valence-corrected chi connectivity index (χ1v) is 6.84. The third kappa shape index (κ3) is 2.59. The largest absolute Gasteiger partial charge is 0.466 e. The highest BCUT2D eigenvalue weighted by Gasteiger charge is 2.34. The van der Waals surface area contributed by atoms with Gasteiger partial charge in [-0.15, -0.1) is 0 Å². The Kier molecular flexibility index (Phi) is 2.97. The lowest BCUT2D eigenvalue weighted by Crippen LogP contribution is -2.32. The average molecular weight is 259 g/mol. The van der Waals surface area contributed by atoms with Crippen LogP contribution in [-0.2, 0) is 13.0 Å². The van der Waals surface area contributed by atoms with Gasteiger partial charge in [0.25, 0.3) is 0 Å². The molecular formula is C15H21N3O. The van der Waals surface area contributed by atoms with E-state index in [2.05, 4.69) is 35.4 Å². The summed E-state index contributed by atoms with van der Waals surface area (Å²) in [6.45, 7) is 7.44. The summed E-state index contributed by atoms with van der Waals surface area (Å²) >= 11 is 0. The molecule has 0 radical (unpaired) electrons. The topological polar surface area (TPSA) is 53.9 Å². The second-order valence-electron chi connectivity index (χ2n) is 6.30. The number of nitrogens with zero attached hydrogens (tertiary/aromatic N) is 1. The van der Waals surface area contributed by atoms with Crippen LogP contribution in [0.5, 0.6) is 0 Å². The van der Waals surface area contributed by atoms with E-state index in [4.69, 9.17) is 4.42 Å². The monoisotopic (exact) mass is 259 g/mol. The van der Waals surface area contributed by atoms with Crippen LogP contribution in [0.15, 0.2) is 22.7 Å². The van der Waals surface area contributed by atoms with Crippen LogP contribution in [-0.4, -0.2) is 10.2 Å². The number of aryl methyl sites for hydroxylation is 1. The molecular weight excluding hydrogens is 238 g/mol. The van der Waals surface area contributed by atoms with Crippen molar-refractivity contribution in [2.45, 2.75) is 46.2 Å². The zero-order chi connectivity index (χ0) is 13.5. The third-order valence-electron chi connectivity index (χ3n) is 3.83. The fourth-order valence-electron chi connectivity index (χ4n) is 2.98. The lowest BCUT2D eigenvalue weighted by atomic mass is 9.74. The molecule has 1 aliphatic carbocycles. The molecule has 0 bridgehead atoms. The molecule has 3 rings (SSSR count). The highest BCUT2D eigenvalue weighted by molar-refractivity contribution is 5.29. The van der Waals surface area contributed by atoms with Crippen molar-refractivity contribution < 1.29 is 4.42 Å². The molecule has 4 nitrogen and oxygen atoms in total. The minimum absolute atomic E-state index is 0.281. The van der Waals surface area contributed by atoms with Gasteiger partial charge in [-0.3, -0.25) is 5.10 Å². The molecule has 0 saturated carbocycles. The fourth-order valence-corrected chi connectivity index (χ4v) is 2.98. The number of aromatic nitrogens is 2. The molecule has 0 fully saturated rings. The summed E-state index contributed by atoms with van der Waals surface area (Å²) in [6, 6.07) is 4.54. The minimum Gasteiger partial charge on any atom is -0.466 e. The number of rotatable bonds is 3. The van der Waals surface area contributed by atoms with Crippen LogP contribution in [0, 0.1) is 12.3 Å². The van der Waals surface area contributed by atoms with Gasteiger partial charge in [0.15, 0.2) is 0 Å². The second kappa shape index (κ2) is 4.53. The van der Waals surface area contributed by atoms with Crippen molar-refractivity contribution in [2.75, 3.05) is 0 Å². The SMILES string of the molecule is Cc1cc2c(o1)CC(C)(C)CC2NCc1ccn[nH]1. The van der Waals surface area contributed by atoms with Crippen molar-refractivity contribution in [1.29, 1.82) is 0 Å². The van der Waals surface area contributed by atoms with Crippen molar-refractivity contribution in [3.05, 3.63) is 41.1 Å². The van der Waals surface area contributed by atoms with Gasteiger partial charge >= 0.3 is 0 Å². The number of furan rings is 1. The summed E-state index contributed by atoms with van der Waals surface area (Å²) in [5.41, 5.74) is 2.73. The zero-order valence-corrected chi connectivity index (χ0v) is 11.8. The molecule has 0 saturated heterocycles. The van der Waals surface area contributed by atoms with E-state index in [1.807, 2.05) is 13.0 Å². The Morgan fingerprint density at radius 1 is 1.53 bits per heavy atom. The first-order valence-electron chi connectivity index (χ1n) is 6.84. The fraction of sp³-hybridized carbons (Fsp3) is 0.533. The highest BCUT2D eigenvalue weighted by Crippen LogP contribution is 2.42. The number of fused-ring (bicyclic) bond motifs is 1. The minimum atomic E-state index is 0.281. The van der Waals surface area contributed by atoms with Crippen LogP contribution in [0.1, 0.15) is 49.1 Å². The second-order valence-corrected chi connectivity index (χ2v) is 6.30. The number of H-pyrrole nitrogens is 1. The number of aromatic amines is 1. The molecule has 0 aromatic carbocycles. The van der Waals surface area contributed by atoms with Gasteiger partial charge in [-0.05, 0) is 30.9 Å². The Bertz CT molecular complexity index is 554. The lowest BCUT2D eigenvalue weighted by molar-refractivity contribution is 0.233. The third-order valence-corrected chi connectivity index (χ3v) is 3.83. The van der Waals surface area contributed by atoms with Gasteiger partial charge in [0.05, 0.1) is 0 Å². The van der Waals surface area contributed by atoms with Crippen molar-refractivity contribution >= 4 is 0 Å². The quantitative estimate of drug-likeness (QED) is 0.890. The normalized spacial score (nSPS) is 21.3. The van der Waals surface area contributed by atoms with Gasteiger partial charge in [-0.1, -0.05) is 13.8 Å². The molecule has 4 heteroatoms. The predicted molar refractivity (Wildman–Crippen MR) is 73.7 cm³/mol. The smallest absolute Gasteiger partial charge is 0.109 e. The molecule has 19 heavy (non-hydrogen) atoms. The van der Waals surface area contributed by atoms with Crippen LogP contribution < -0.4 is 5.32 Å². The number of hydrogen-bond acceptors (Lipinski definition) is 3. The summed E-state index contributed by atoms with van der Waals surface area (Å²) in [4.78, 5) is 0. The van der Waals surface area contributed by atoms with E-state index in [1.54, 1.807) is 6.20 Å². The summed E-state index contributed by atoms with van der Waals surface area (Å²) in [6.07, 6.45) is 3.95. The van der Waals surface area contributed by atoms with Crippen LogP contribution in [0.4, 0.5) is 0 Å². The lowest BCUT2D eigenvalue weighted by Gasteiger charge is -2.34. The maximum atomic E-state index is 5.85. The molecule has 0 spiro atoms. The Morgan fingerprint density at radius 3 is 3.11 bits per heavy atom. The van der Waals surface area contributed by atoms with Gasteiger partial charge in [0.2, 0.25) is 0 Å². The van der Waals surface area contributed by atoms with E-state index < -0.39 is 0 Å². The van der Waals surface area contributed by atoms with E-state index in [0.29, 0.717) is 6.04 Å². The molecule has 1 atom stereocenters. The maximum absolute atomic E-state index is 5.85. The molecule has 2 aromatic rings. The van der Waals surface area contributed by atoms with Crippen molar-refractivity contribution in [3.8, 4) is 0 Å². The average Bonchev–Trinajstić information content (AvgIpc) is 2.93. The molecule has 2 N–H and O–H groups in total. The molecule has 0 aliphatic heterocycles. The van der Waals surface area contributed by atoms with Crippen LogP contribution in [0.2, 0.25) is 0 Å². The molecule has 2 heterocycles. The van der Waals surface area contributed by atoms with Crippen LogP contribution in [0.3, 0.4) is 0 Å². The highest BCUT2D eigenvalue weighted by atomic mass is 16.3. The van der Waals surface area contributed by atoms with Gasteiger partial charge in [0.1, 0.15) is 11.5 Å². The zero-order valence-electron chi connectivity index (χ0n) is 11.8. The van der Waals surface area contributed by atoms with Gasteiger partial charge in [-0.2, -0.15) is 5.10 Å². The van der Waals surface area contributed by atoms with E-state index in [9.17, 15) is 0 Å². The van der Waals surface area contributed by atoms with Crippen LogP contribution in [0.25, 0.3) is 0 Å². The van der Waals surface area contributed by atoms with E-state index in [1.165, 1.54) is 5.56 Å². The summed E-state index contributed by atoms with van der Waals surface area (Å²) < 4.78 is 5.85. The predicted octanol–water partition coefficient (Wildman–Crippen LogP) is 3.11. The van der Waals surface area contributed by atoms with Gasteiger partial charge in [-0.25, -0.2) is 0 Å². The molecule has 0 amide bonds. The Hall–Kier alpha value is -1.55. The van der Waals surface area contributed by atoms with Crippen molar-refractivity contribution in [3.63, 3.8) is 0 Å². The van der Waals surface area contributed by atoms with E-state index in [-0.39, 0.29) is 5.41 Å². The molecule has 1 aliphatic rings. The number of hydrogen-bond donors (Lipinski definition) is 2. The first kappa shape index (κ1) is 12.5. The molecule has 102 valence electrons. The first-order chi connectivity index (χ1) is 9.03. The summed E-state index contributed by atoms with van der Waals surface area (Å²) in [5, 5.41) is 10.6. The van der Waals surface area contributed by atoms with Crippen molar-refractivity contribution in [2.24, 2.45) is 5.41 Å². The van der Waals surface area contributed by atoms with E-state index in [0.717, 1.165) is 36.6 Å². The standard InChI is InChI=1S/C15H21N3O/c1-10-6-12-13(16-9-11-4-5-17-18-11)7-15(2,3)8-14(12)19-10/h4-6,13,16H,7-9H2,1-3H3,(H,17,18). The summed E-state index contributed by atoms with van der Waals surface area (Å²) in [7, 11) is 0. The Morgan fingerprint density at radius 2 is 2.37 bits per heavy atom. The Labute approximate surface area is 113 Å². The van der Waals surface area contributed by atoms with Crippen molar-refractivity contribution in [1.82, 2.24) is 15.5 Å². The number of nitrogens with one attached hydrogen (secondary N) is 2.